The van der Waals surface area contributed by atoms with Gasteiger partial charge in [-0.1, -0.05) is 41.0 Å². The third-order valence-corrected chi connectivity index (χ3v) is 9.12. The van der Waals surface area contributed by atoms with E-state index in [4.69, 9.17) is 9.47 Å². The minimum atomic E-state index is -1.23. The molecule has 1 aromatic heterocycles. The summed E-state index contributed by atoms with van der Waals surface area (Å²) in [5, 5.41) is 24.7. The van der Waals surface area contributed by atoms with E-state index < -0.39 is 35.6 Å². The van der Waals surface area contributed by atoms with Crippen LogP contribution in [0.2, 0.25) is 0 Å². The molecule has 7 atom stereocenters. The van der Waals surface area contributed by atoms with Crippen LogP contribution in [0.25, 0.3) is 6.08 Å². The van der Waals surface area contributed by atoms with Crippen molar-refractivity contribution in [2.24, 2.45) is 17.3 Å². The molecule has 0 amide bonds. The highest BCUT2D eigenvalue weighted by Gasteiger charge is 2.55. The standard InChI is InChI=1S/C28H43NO6S/c1-8-28-11-9-10-16(2)25(32)18(4)26(33)27(6,7)22(30)14-24(31)34-21(13-23(28)35-28)17(3)12-20-15-36-19(5)29-20/h12,15-16,18,21-23,25,30,32H,8-11,13-14H2,1-7H3/b17-12+/t16-,18+,21?,22?,23?,25-,28+/m0/s1. The molecule has 202 valence electrons. The van der Waals surface area contributed by atoms with Crippen molar-refractivity contribution in [2.75, 3.05) is 0 Å². The van der Waals surface area contributed by atoms with Crippen molar-refractivity contribution in [1.29, 1.82) is 0 Å². The number of Topliss-reactive ketones (excluding diaryl/α,β-unsaturated/α-hetero) is 1. The fourth-order valence-electron chi connectivity index (χ4n) is 5.43. The van der Waals surface area contributed by atoms with Crippen molar-refractivity contribution in [1.82, 2.24) is 4.98 Å². The molecule has 7 nitrogen and oxygen atoms in total. The number of aliphatic hydroxyl groups excluding tert-OH is 2. The third-order valence-electron chi connectivity index (χ3n) is 8.32. The summed E-state index contributed by atoms with van der Waals surface area (Å²) in [5.41, 5.74) is 0.230. The van der Waals surface area contributed by atoms with Crippen molar-refractivity contribution in [3.05, 3.63) is 21.7 Å². The Morgan fingerprint density at radius 1 is 1.28 bits per heavy atom. The van der Waals surface area contributed by atoms with Crippen LogP contribution in [0.15, 0.2) is 11.0 Å². The minimum absolute atomic E-state index is 0.0316. The first-order chi connectivity index (χ1) is 16.8. The van der Waals surface area contributed by atoms with E-state index in [9.17, 15) is 19.8 Å². The average Bonchev–Trinajstić information content (AvgIpc) is 3.35. The van der Waals surface area contributed by atoms with Gasteiger partial charge in [-0.05, 0) is 50.7 Å². The van der Waals surface area contributed by atoms with Crippen LogP contribution >= 0.6 is 11.3 Å². The molecule has 2 saturated heterocycles. The number of cyclic esters (lactones) is 1. The number of hydrogen-bond donors (Lipinski definition) is 2. The molecule has 8 heteroatoms. The first kappa shape index (κ1) is 29.0. The van der Waals surface area contributed by atoms with E-state index in [2.05, 4.69) is 11.9 Å². The second-order valence-electron chi connectivity index (χ2n) is 11.4. The fourth-order valence-corrected chi connectivity index (χ4v) is 6.00. The van der Waals surface area contributed by atoms with Gasteiger partial charge in [0.25, 0.3) is 0 Å². The van der Waals surface area contributed by atoms with Gasteiger partial charge in [0, 0.05) is 17.7 Å². The Labute approximate surface area is 219 Å². The summed E-state index contributed by atoms with van der Waals surface area (Å²) in [6, 6.07) is 0. The topological polar surface area (TPSA) is 109 Å². The molecule has 2 N–H and O–H groups in total. The van der Waals surface area contributed by atoms with Gasteiger partial charge in [-0.25, -0.2) is 4.98 Å². The second kappa shape index (κ2) is 11.4. The Hall–Kier alpha value is -1.61. The van der Waals surface area contributed by atoms with Gasteiger partial charge < -0.3 is 19.7 Å². The Morgan fingerprint density at radius 2 is 1.97 bits per heavy atom. The number of esters is 1. The zero-order valence-electron chi connectivity index (χ0n) is 22.7. The summed E-state index contributed by atoms with van der Waals surface area (Å²) >= 11 is 1.56. The highest BCUT2D eigenvalue weighted by molar-refractivity contribution is 7.09. The molecule has 0 radical (unpaired) electrons. The van der Waals surface area contributed by atoms with Crippen LogP contribution in [-0.4, -0.2) is 57.0 Å². The van der Waals surface area contributed by atoms with Gasteiger partial charge in [-0.2, -0.15) is 0 Å². The maximum atomic E-state index is 13.3. The van der Waals surface area contributed by atoms with E-state index in [0.717, 1.165) is 42.0 Å². The predicted octanol–water partition coefficient (Wildman–Crippen LogP) is 4.87. The van der Waals surface area contributed by atoms with Gasteiger partial charge in [0.2, 0.25) is 0 Å². The fraction of sp³-hybridized carbons (Fsp3) is 0.750. The van der Waals surface area contributed by atoms with E-state index in [-0.39, 0.29) is 29.8 Å². The van der Waals surface area contributed by atoms with E-state index in [0.29, 0.717) is 6.42 Å². The number of aliphatic hydroxyl groups is 2. The smallest absolute Gasteiger partial charge is 0.309 e. The number of thiazole rings is 1. The van der Waals surface area contributed by atoms with Crippen molar-refractivity contribution >= 4 is 29.2 Å². The van der Waals surface area contributed by atoms with E-state index in [1.807, 2.05) is 32.2 Å². The molecule has 2 aliphatic rings. The van der Waals surface area contributed by atoms with Gasteiger partial charge >= 0.3 is 5.97 Å². The molecule has 1 aromatic rings. The van der Waals surface area contributed by atoms with Crippen LogP contribution < -0.4 is 0 Å². The number of aromatic nitrogens is 1. The van der Waals surface area contributed by atoms with E-state index in [1.165, 1.54) is 0 Å². The van der Waals surface area contributed by atoms with Crippen molar-refractivity contribution in [3.63, 3.8) is 0 Å². The largest absolute Gasteiger partial charge is 0.458 e. The lowest BCUT2D eigenvalue weighted by molar-refractivity contribution is -0.154. The number of hydrogen-bond acceptors (Lipinski definition) is 8. The number of fused-ring (bicyclic) bond motifs is 1. The number of epoxide rings is 1. The van der Waals surface area contributed by atoms with Crippen molar-refractivity contribution < 1.29 is 29.3 Å². The predicted molar refractivity (Wildman–Crippen MR) is 140 cm³/mol. The summed E-state index contributed by atoms with van der Waals surface area (Å²) in [6.45, 7) is 12.9. The van der Waals surface area contributed by atoms with E-state index in [1.54, 1.807) is 32.1 Å². The molecule has 36 heavy (non-hydrogen) atoms. The van der Waals surface area contributed by atoms with Crippen LogP contribution in [0, 0.1) is 24.2 Å². The molecule has 0 aromatic carbocycles. The number of ether oxygens (including phenoxy) is 2. The van der Waals surface area contributed by atoms with Crippen molar-refractivity contribution in [3.8, 4) is 0 Å². The first-order valence-corrected chi connectivity index (χ1v) is 14.1. The lowest BCUT2D eigenvalue weighted by Crippen LogP contribution is -2.45. The molecule has 0 saturated carbocycles. The lowest BCUT2D eigenvalue weighted by atomic mass is 9.73. The van der Waals surface area contributed by atoms with Crippen LogP contribution in [-0.2, 0) is 19.1 Å². The maximum absolute atomic E-state index is 13.3. The Bertz CT molecular complexity index is 971. The Morgan fingerprint density at radius 3 is 2.58 bits per heavy atom. The van der Waals surface area contributed by atoms with Gasteiger partial charge in [0.1, 0.15) is 11.9 Å². The summed E-state index contributed by atoms with van der Waals surface area (Å²) in [4.78, 5) is 30.8. The molecule has 3 heterocycles. The molecule has 0 bridgehead atoms. The van der Waals surface area contributed by atoms with Crippen molar-refractivity contribution in [2.45, 2.75) is 117 Å². The van der Waals surface area contributed by atoms with E-state index >= 15 is 0 Å². The lowest BCUT2D eigenvalue weighted by Gasteiger charge is -2.34. The molecule has 3 rings (SSSR count). The quantitative estimate of drug-likeness (QED) is 0.431. The zero-order chi connectivity index (χ0) is 26.8. The van der Waals surface area contributed by atoms with Gasteiger partial charge in [0.15, 0.2) is 0 Å². The second-order valence-corrected chi connectivity index (χ2v) is 12.4. The number of carbonyl (C=O) groups excluding carboxylic acids is 2. The minimum Gasteiger partial charge on any atom is -0.458 e. The van der Waals surface area contributed by atoms with Gasteiger partial charge in [-0.3, -0.25) is 9.59 Å². The Balaban J connectivity index is 1.88. The summed E-state index contributed by atoms with van der Waals surface area (Å²) < 4.78 is 12.1. The van der Waals surface area contributed by atoms with Gasteiger partial charge in [0.05, 0.1) is 46.5 Å². The third kappa shape index (κ3) is 6.44. The molecule has 2 fully saturated rings. The highest BCUT2D eigenvalue weighted by atomic mass is 32.1. The average molecular weight is 522 g/mol. The normalized spacial score (nSPS) is 36.8. The monoisotopic (exact) mass is 521 g/mol. The number of carbonyl (C=O) groups is 2. The number of aryl methyl sites for hydroxylation is 1. The zero-order valence-corrected chi connectivity index (χ0v) is 23.6. The molecule has 0 aliphatic carbocycles. The molecular formula is C28H43NO6S. The summed E-state index contributed by atoms with van der Waals surface area (Å²) in [5.74, 6) is -1.54. The highest BCUT2D eigenvalue weighted by Crippen LogP contribution is 2.47. The summed E-state index contributed by atoms with van der Waals surface area (Å²) in [7, 11) is 0. The molecule has 2 aliphatic heterocycles. The summed E-state index contributed by atoms with van der Waals surface area (Å²) in [6.07, 6.45) is 2.92. The number of nitrogens with zero attached hydrogens (tertiary/aromatic N) is 1. The maximum Gasteiger partial charge on any atom is 0.309 e. The Kier molecular flexibility index (Phi) is 9.18. The first-order valence-electron chi connectivity index (χ1n) is 13.2. The molecule has 0 spiro atoms. The number of rotatable bonds is 3. The number of ketones is 1. The van der Waals surface area contributed by atoms with Crippen LogP contribution in [0.1, 0.15) is 90.8 Å². The van der Waals surface area contributed by atoms with Gasteiger partial charge in [-0.15, -0.1) is 11.3 Å². The molecule has 3 unspecified atom stereocenters. The van der Waals surface area contributed by atoms with Crippen LogP contribution in [0.3, 0.4) is 0 Å². The molecular weight excluding hydrogens is 478 g/mol. The van der Waals surface area contributed by atoms with Crippen LogP contribution in [0.4, 0.5) is 0 Å². The SMILES string of the molecule is CC[C@@]12CCC[C@H](C)[C@H](O)[C@@H](C)C(=O)C(C)(C)C(O)CC(=O)OC(/C(C)=C/c3csc(C)n3)CC1O2. The van der Waals surface area contributed by atoms with Crippen LogP contribution in [0.5, 0.6) is 0 Å².